The molecule has 2 N–H and O–H groups in total. The Hall–Kier alpha value is -2.17. The molecule has 0 saturated heterocycles. The molecule has 1 heterocycles. The number of urea groups is 1. The number of aromatic nitrogens is 1. The van der Waals surface area contributed by atoms with Crippen LogP contribution in [-0.4, -0.2) is 23.6 Å². The first-order chi connectivity index (χ1) is 15.3. The highest BCUT2D eigenvalue weighted by molar-refractivity contribution is 5.74. The lowest BCUT2D eigenvalue weighted by atomic mass is 9.47. The minimum Gasteiger partial charge on any atom is -0.338 e. The van der Waals surface area contributed by atoms with Crippen LogP contribution < -0.4 is 10.6 Å². The fourth-order valence-corrected chi connectivity index (χ4v) is 7.76. The number of fused-ring (bicyclic) bond motifs is 5. The van der Waals surface area contributed by atoms with E-state index >= 15 is 0 Å². The molecule has 5 rings (SSSR count). The van der Waals surface area contributed by atoms with E-state index in [-0.39, 0.29) is 28.7 Å². The Morgan fingerprint density at radius 3 is 2.72 bits per heavy atom. The molecule has 0 aromatic carbocycles. The van der Waals surface area contributed by atoms with Crippen LogP contribution in [-0.2, 0) is 0 Å². The maximum absolute atomic E-state index is 13.9. The van der Waals surface area contributed by atoms with Gasteiger partial charge in [-0.3, -0.25) is 4.98 Å². The third kappa shape index (κ3) is 3.39. The number of allylic oxidation sites excluding steroid dienone is 3. The maximum atomic E-state index is 13.9. The number of hydrogen-bond donors (Lipinski definition) is 2. The van der Waals surface area contributed by atoms with E-state index in [0.29, 0.717) is 24.3 Å². The summed E-state index contributed by atoms with van der Waals surface area (Å²) in [5.41, 5.74) is 4.18. The summed E-state index contributed by atoms with van der Waals surface area (Å²) in [6, 6.07) is 1.86. The molecular formula is C27H36FN3O. The average Bonchev–Trinajstić information content (AvgIpc) is 3.11. The number of amides is 2. The molecule has 172 valence electrons. The van der Waals surface area contributed by atoms with Gasteiger partial charge in [0.25, 0.3) is 0 Å². The standard InChI is InChI=1S/C27H36FN3O/c1-4-30-25(32)31-20-9-11-26(2)18(14-20)5-6-21-23-8-7-22(17-13-19(28)16-29-15-17)27(23,3)12-10-24(21)26/h5,7,13,15-16,20-21,23-24H,4,6,8-12,14H2,1-3H3,(H2,30,31,32)/t20-,21?,23?,24?,26+,27-/m1/s1. The molecule has 4 nitrogen and oxygen atoms in total. The number of hydrogen-bond acceptors (Lipinski definition) is 2. The van der Waals surface area contributed by atoms with Gasteiger partial charge < -0.3 is 10.6 Å². The van der Waals surface area contributed by atoms with Crippen LogP contribution in [0.3, 0.4) is 0 Å². The molecule has 1 aromatic heterocycles. The van der Waals surface area contributed by atoms with E-state index in [1.165, 1.54) is 18.2 Å². The van der Waals surface area contributed by atoms with E-state index in [1.54, 1.807) is 11.6 Å². The Balaban J connectivity index is 1.36. The molecule has 2 fully saturated rings. The van der Waals surface area contributed by atoms with Crippen molar-refractivity contribution in [3.63, 3.8) is 0 Å². The lowest BCUT2D eigenvalue weighted by molar-refractivity contribution is -0.0121. The number of pyridine rings is 1. The summed E-state index contributed by atoms with van der Waals surface area (Å²) >= 11 is 0. The van der Waals surface area contributed by atoms with Crippen molar-refractivity contribution in [2.45, 2.75) is 71.8 Å². The van der Waals surface area contributed by atoms with E-state index in [4.69, 9.17) is 0 Å². The monoisotopic (exact) mass is 437 g/mol. The molecular weight excluding hydrogens is 401 g/mol. The van der Waals surface area contributed by atoms with Crippen molar-refractivity contribution in [2.75, 3.05) is 6.54 Å². The lowest BCUT2D eigenvalue weighted by Crippen LogP contribution is -2.52. The molecule has 4 aliphatic carbocycles. The third-order valence-corrected chi connectivity index (χ3v) is 9.37. The van der Waals surface area contributed by atoms with E-state index < -0.39 is 0 Å². The highest BCUT2D eigenvalue weighted by Gasteiger charge is 2.56. The highest BCUT2D eigenvalue weighted by Crippen LogP contribution is 2.66. The molecule has 0 bridgehead atoms. The summed E-state index contributed by atoms with van der Waals surface area (Å²) in [4.78, 5) is 16.2. The second-order valence-corrected chi connectivity index (χ2v) is 10.9. The van der Waals surface area contributed by atoms with Crippen LogP contribution in [0.1, 0.15) is 71.3 Å². The van der Waals surface area contributed by atoms with E-state index in [0.717, 1.165) is 44.1 Å². The summed E-state index contributed by atoms with van der Waals surface area (Å²) in [6.07, 6.45) is 15.8. The fraction of sp³-hybridized carbons (Fsp3) is 0.630. The Bertz CT molecular complexity index is 971. The normalized spacial score (nSPS) is 38.0. The zero-order valence-corrected chi connectivity index (χ0v) is 19.6. The first kappa shape index (κ1) is 21.7. The Morgan fingerprint density at radius 2 is 1.94 bits per heavy atom. The zero-order chi connectivity index (χ0) is 22.5. The number of halogens is 1. The van der Waals surface area contributed by atoms with Gasteiger partial charge in [0.05, 0.1) is 6.20 Å². The number of carbonyl (C=O) groups excluding carboxylic acids is 1. The van der Waals surface area contributed by atoms with Gasteiger partial charge >= 0.3 is 6.03 Å². The van der Waals surface area contributed by atoms with E-state index in [1.807, 2.05) is 13.1 Å². The Morgan fingerprint density at radius 1 is 1.12 bits per heavy atom. The Labute approximate surface area is 191 Å². The first-order valence-electron chi connectivity index (χ1n) is 12.4. The van der Waals surface area contributed by atoms with Gasteiger partial charge in [-0.05, 0) is 97.7 Å². The molecule has 32 heavy (non-hydrogen) atoms. The van der Waals surface area contributed by atoms with Crippen LogP contribution in [0.25, 0.3) is 5.57 Å². The van der Waals surface area contributed by atoms with Gasteiger partial charge in [0.2, 0.25) is 0 Å². The lowest BCUT2D eigenvalue weighted by Gasteiger charge is -2.58. The van der Waals surface area contributed by atoms with Crippen molar-refractivity contribution >= 4 is 11.6 Å². The van der Waals surface area contributed by atoms with Crippen LogP contribution in [0.2, 0.25) is 0 Å². The van der Waals surface area contributed by atoms with E-state index in [2.05, 4.69) is 41.6 Å². The molecule has 2 amide bonds. The summed E-state index contributed by atoms with van der Waals surface area (Å²) in [7, 11) is 0. The van der Waals surface area contributed by atoms with Crippen molar-refractivity contribution in [3.8, 4) is 0 Å². The van der Waals surface area contributed by atoms with Crippen molar-refractivity contribution in [1.82, 2.24) is 15.6 Å². The van der Waals surface area contributed by atoms with Gasteiger partial charge in [0, 0.05) is 18.8 Å². The molecule has 5 heteroatoms. The third-order valence-electron chi connectivity index (χ3n) is 9.37. The smallest absolute Gasteiger partial charge is 0.315 e. The molecule has 2 saturated carbocycles. The number of nitrogens with zero attached hydrogens (tertiary/aromatic N) is 1. The predicted molar refractivity (Wildman–Crippen MR) is 125 cm³/mol. The van der Waals surface area contributed by atoms with Gasteiger partial charge in [-0.1, -0.05) is 31.6 Å². The van der Waals surface area contributed by atoms with Gasteiger partial charge in [0.1, 0.15) is 5.82 Å². The maximum Gasteiger partial charge on any atom is 0.315 e. The SMILES string of the molecule is CCNC(=O)N[C@@H]1CC[C@@]2(C)C(=CCC3C2CC[C@]2(C)C(c4cncc(F)c4)=CCC32)C1. The predicted octanol–water partition coefficient (Wildman–Crippen LogP) is 5.86. The molecule has 0 radical (unpaired) electrons. The van der Waals surface area contributed by atoms with Crippen LogP contribution in [0.15, 0.2) is 36.2 Å². The van der Waals surface area contributed by atoms with Crippen LogP contribution in [0.4, 0.5) is 9.18 Å². The van der Waals surface area contributed by atoms with Gasteiger partial charge in [-0.25, -0.2) is 9.18 Å². The van der Waals surface area contributed by atoms with Crippen molar-refractivity contribution in [3.05, 3.63) is 47.6 Å². The Kier molecular flexibility index (Phi) is 5.42. The van der Waals surface area contributed by atoms with Crippen molar-refractivity contribution < 1.29 is 9.18 Å². The molecule has 0 aliphatic heterocycles. The molecule has 3 unspecified atom stereocenters. The van der Waals surface area contributed by atoms with Gasteiger partial charge in [0.15, 0.2) is 0 Å². The summed E-state index contributed by atoms with van der Waals surface area (Å²) in [5.74, 6) is 1.73. The second kappa shape index (κ2) is 8.00. The summed E-state index contributed by atoms with van der Waals surface area (Å²) in [6.45, 7) is 7.50. The first-order valence-corrected chi connectivity index (χ1v) is 12.4. The topological polar surface area (TPSA) is 54.0 Å². The minimum atomic E-state index is -0.250. The average molecular weight is 438 g/mol. The van der Waals surface area contributed by atoms with Crippen LogP contribution in [0.5, 0.6) is 0 Å². The molecule has 6 atom stereocenters. The second-order valence-electron chi connectivity index (χ2n) is 10.9. The summed E-state index contributed by atoms with van der Waals surface area (Å²) in [5, 5.41) is 6.04. The quantitative estimate of drug-likeness (QED) is 0.582. The number of carbonyl (C=O) groups is 1. The van der Waals surface area contributed by atoms with Crippen LogP contribution in [0, 0.1) is 34.4 Å². The number of nitrogens with one attached hydrogen (secondary N) is 2. The zero-order valence-electron chi connectivity index (χ0n) is 19.6. The highest BCUT2D eigenvalue weighted by atomic mass is 19.1. The molecule has 0 spiro atoms. The van der Waals surface area contributed by atoms with E-state index in [9.17, 15) is 9.18 Å². The van der Waals surface area contributed by atoms with Gasteiger partial charge in [-0.2, -0.15) is 0 Å². The summed E-state index contributed by atoms with van der Waals surface area (Å²) < 4.78 is 13.9. The van der Waals surface area contributed by atoms with Gasteiger partial charge in [-0.15, -0.1) is 0 Å². The van der Waals surface area contributed by atoms with Crippen molar-refractivity contribution in [1.29, 1.82) is 0 Å². The number of rotatable bonds is 3. The minimum absolute atomic E-state index is 0.0415. The molecule has 4 aliphatic rings. The van der Waals surface area contributed by atoms with Crippen LogP contribution >= 0.6 is 0 Å². The molecule has 1 aromatic rings. The largest absolute Gasteiger partial charge is 0.338 e. The van der Waals surface area contributed by atoms with Crippen molar-refractivity contribution in [2.24, 2.45) is 28.6 Å². The fourth-order valence-electron chi connectivity index (χ4n) is 7.76.